The van der Waals surface area contributed by atoms with Crippen molar-refractivity contribution in [1.82, 2.24) is 10.2 Å². The molecule has 37 heavy (non-hydrogen) atoms. The van der Waals surface area contributed by atoms with E-state index in [4.69, 9.17) is 4.74 Å². The first-order valence-electron chi connectivity index (χ1n) is 11.6. The zero-order valence-electron chi connectivity index (χ0n) is 20.4. The van der Waals surface area contributed by atoms with Gasteiger partial charge in [-0.1, -0.05) is 36.4 Å². The standard InChI is InChI=1S/C28H26N4O5/c1-18-11-12-22(13-19(18)2)30-26(34)17-37-23-10-6-7-20(14-23)15-24-27(35)32(28(36)31-24)16-25(33)29-21-8-4-3-5-9-21/h3-15H,16-17H2,1-2H3,(H,29,33)(H,30,34)(H,31,36). The third-order valence-corrected chi connectivity index (χ3v) is 5.65. The summed E-state index contributed by atoms with van der Waals surface area (Å²) in [4.78, 5) is 50.5. The predicted molar refractivity (Wildman–Crippen MR) is 140 cm³/mol. The molecule has 1 aliphatic rings. The number of rotatable bonds is 8. The molecule has 0 atom stereocenters. The lowest BCUT2D eigenvalue weighted by molar-refractivity contribution is -0.127. The van der Waals surface area contributed by atoms with Gasteiger partial charge in [-0.25, -0.2) is 9.69 Å². The first-order valence-corrected chi connectivity index (χ1v) is 11.6. The third kappa shape index (κ3) is 6.61. The lowest BCUT2D eigenvalue weighted by atomic mass is 10.1. The van der Waals surface area contributed by atoms with Crippen molar-refractivity contribution in [2.75, 3.05) is 23.8 Å². The van der Waals surface area contributed by atoms with Crippen molar-refractivity contribution in [2.24, 2.45) is 0 Å². The zero-order valence-corrected chi connectivity index (χ0v) is 20.4. The summed E-state index contributed by atoms with van der Waals surface area (Å²) in [5.41, 5.74) is 4.06. The van der Waals surface area contributed by atoms with Crippen LogP contribution in [0.2, 0.25) is 0 Å². The molecule has 188 valence electrons. The number of hydrogen-bond donors (Lipinski definition) is 3. The van der Waals surface area contributed by atoms with Crippen LogP contribution in [0.5, 0.6) is 5.75 Å². The highest BCUT2D eigenvalue weighted by Crippen LogP contribution is 2.19. The van der Waals surface area contributed by atoms with Gasteiger partial charge in [0.25, 0.3) is 11.8 Å². The van der Waals surface area contributed by atoms with E-state index >= 15 is 0 Å². The van der Waals surface area contributed by atoms with E-state index < -0.39 is 24.4 Å². The van der Waals surface area contributed by atoms with Crippen molar-refractivity contribution in [2.45, 2.75) is 13.8 Å². The number of ether oxygens (including phenoxy) is 1. The summed E-state index contributed by atoms with van der Waals surface area (Å²) >= 11 is 0. The zero-order chi connectivity index (χ0) is 26.4. The normalized spacial score (nSPS) is 13.9. The SMILES string of the molecule is Cc1ccc(NC(=O)COc2cccc(C=C3NC(=O)N(CC(=O)Nc4ccccc4)C3=O)c2)cc1C. The Morgan fingerprint density at radius 2 is 1.62 bits per heavy atom. The molecule has 4 rings (SSSR count). The molecular formula is C28H26N4O5. The van der Waals surface area contributed by atoms with Gasteiger partial charge < -0.3 is 20.7 Å². The molecule has 0 radical (unpaired) electrons. The molecule has 0 spiro atoms. The second-order valence-corrected chi connectivity index (χ2v) is 8.50. The van der Waals surface area contributed by atoms with Crippen LogP contribution in [-0.4, -0.2) is 41.8 Å². The Kier molecular flexibility index (Phi) is 7.63. The van der Waals surface area contributed by atoms with Gasteiger partial charge in [0.1, 0.15) is 18.0 Å². The Labute approximate surface area is 214 Å². The number of para-hydroxylation sites is 1. The van der Waals surface area contributed by atoms with Crippen LogP contribution in [0.25, 0.3) is 6.08 Å². The van der Waals surface area contributed by atoms with Crippen molar-refractivity contribution in [3.63, 3.8) is 0 Å². The van der Waals surface area contributed by atoms with Crippen LogP contribution in [0.15, 0.2) is 78.5 Å². The number of amides is 5. The third-order valence-electron chi connectivity index (χ3n) is 5.65. The lowest BCUT2D eigenvalue weighted by Crippen LogP contribution is -2.38. The monoisotopic (exact) mass is 498 g/mol. The average molecular weight is 499 g/mol. The van der Waals surface area contributed by atoms with Crippen molar-refractivity contribution >= 4 is 41.2 Å². The molecular weight excluding hydrogens is 472 g/mol. The summed E-state index contributed by atoms with van der Waals surface area (Å²) in [5.74, 6) is -1.01. The molecule has 0 saturated carbocycles. The number of nitrogens with one attached hydrogen (secondary N) is 3. The number of anilines is 2. The molecule has 0 bridgehead atoms. The highest BCUT2D eigenvalue weighted by Gasteiger charge is 2.34. The molecule has 1 saturated heterocycles. The molecule has 1 fully saturated rings. The largest absolute Gasteiger partial charge is 0.484 e. The average Bonchev–Trinajstić information content (AvgIpc) is 3.13. The van der Waals surface area contributed by atoms with E-state index in [2.05, 4.69) is 16.0 Å². The van der Waals surface area contributed by atoms with Crippen LogP contribution in [0, 0.1) is 13.8 Å². The maximum atomic E-state index is 12.7. The number of imide groups is 1. The smallest absolute Gasteiger partial charge is 0.329 e. The van der Waals surface area contributed by atoms with Crippen molar-refractivity contribution in [3.8, 4) is 5.75 Å². The van der Waals surface area contributed by atoms with E-state index in [1.165, 1.54) is 6.08 Å². The Hall–Kier alpha value is -4.92. The van der Waals surface area contributed by atoms with Gasteiger partial charge in [-0.3, -0.25) is 14.4 Å². The lowest BCUT2D eigenvalue weighted by Gasteiger charge is -2.11. The minimum absolute atomic E-state index is 0.0298. The van der Waals surface area contributed by atoms with Gasteiger partial charge in [0.2, 0.25) is 5.91 Å². The van der Waals surface area contributed by atoms with Gasteiger partial charge in [0, 0.05) is 11.4 Å². The van der Waals surface area contributed by atoms with Crippen LogP contribution in [0.4, 0.5) is 16.2 Å². The summed E-state index contributed by atoms with van der Waals surface area (Å²) in [6.45, 7) is 3.34. The topological polar surface area (TPSA) is 117 Å². The van der Waals surface area contributed by atoms with E-state index in [-0.39, 0.29) is 18.2 Å². The summed E-state index contributed by atoms with van der Waals surface area (Å²) in [5, 5.41) is 7.93. The first-order chi connectivity index (χ1) is 17.8. The number of aryl methyl sites for hydroxylation is 2. The van der Waals surface area contributed by atoms with Crippen molar-refractivity contribution in [3.05, 3.63) is 95.2 Å². The molecule has 0 unspecified atom stereocenters. The fraction of sp³-hybridized carbons (Fsp3) is 0.143. The number of hydrogen-bond acceptors (Lipinski definition) is 5. The molecule has 9 nitrogen and oxygen atoms in total. The molecule has 1 heterocycles. The van der Waals surface area contributed by atoms with E-state index in [1.807, 2.05) is 38.1 Å². The highest BCUT2D eigenvalue weighted by atomic mass is 16.5. The van der Waals surface area contributed by atoms with Gasteiger partial charge in [0.15, 0.2) is 6.61 Å². The van der Waals surface area contributed by atoms with Crippen molar-refractivity contribution < 1.29 is 23.9 Å². The maximum Gasteiger partial charge on any atom is 0.329 e. The Morgan fingerprint density at radius 3 is 2.38 bits per heavy atom. The number of nitrogens with zero attached hydrogens (tertiary/aromatic N) is 1. The number of benzene rings is 3. The minimum Gasteiger partial charge on any atom is -0.484 e. The second-order valence-electron chi connectivity index (χ2n) is 8.50. The van der Waals surface area contributed by atoms with Gasteiger partial charge in [-0.2, -0.15) is 0 Å². The fourth-order valence-electron chi connectivity index (χ4n) is 3.61. The van der Waals surface area contributed by atoms with Crippen molar-refractivity contribution in [1.29, 1.82) is 0 Å². The molecule has 5 amide bonds. The van der Waals surface area contributed by atoms with Gasteiger partial charge in [-0.15, -0.1) is 0 Å². The van der Waals surface area contributed by atoms with Crippen LogP contribution in [-0.2, 0) is 14.4 Å². The Bertz CT molecular complexity index is 1380. The second kappa shape index (κ2) is 11.2. The van der Waals surface area contributed by atoms with E-state index in [0.717, 1.165) is 16.0 Å². The molecule has 3 aromatic carbocycles. The molecule has 0 aliphatic carbocycles. The van der Waals surface area contributed by atoms with Crippen LogP contribution < -0.4 is 20.7 Å². The summed E-state index contributed by atoms with van der Waals surface area (Å²) in [6.07, 6.45) is 1.48. The van der Waals surface area contributed by atoms with Gasteiger partial charge in [0.05, 0.1) is 0 Å². The summed E-state index contributed by atoms with van der Waals surface area (Å²) < 4.78 is 5.60. The van der Waals surface area contributed by atoms with E-state index in [1.54, 1.807) is 48.5 Å². The highest BCUT2D eigenvalue weighted by molar-refractivity contribution is 6.16. The summed E-state index contributed by atoms with van der Waals surface area (Å²) in [7, 11) is 0. The molecule has 0 aromatic heterocycles. The molecule has 9 heteroatoms. The van der Waals surface area contributed by atoms with E-state index in [9.17, 15) is 19.2 Å². The minimum atomic E-state index is -0.685. The fourth-order valence-corrected chi connectivity index (χ4v) is 3.61. The van der Waals surface area contributed by atoms with Gasteiger partial charge >= 0.3 is 6.03 Å². The van der Waals surface area contributed by atoms with Crippen LogP contribution in [0.3, 0.4) is 0 Å². The Balaban J connectivity index is 1.35. The number of carbonyl (C=O) groups is 4. The quantitative estimate of drug-likeness (QED) is 0.322. The predicted octanol–water partition coefficient (Wildman–Crippen LogP) is 3.85. The van der Waals surface area contributed by atoms with Crippen LogP contribution in [0.1, 0.15) is 16.7 Å². The molecule has 3 aromatic rings. The maximum absolute atomic E-state index is 12.7. The van der Waals surface area contributed by atoms with Crippen LogP contribution >= 0.6 is 0 Å². The van der Waals surface area contributed by atoms with Gasteiger partial charge in [-0.05, 0) is 73.0 Å². The number of carbonyl (C=O) groups excluding carboxylic acids is 4. The molecule has 3 N–H and O–H groups in total. The van der Waals surface area contributed by atoms with E-state index in [0.29, 0.717) is 22.7 Å². The number of urea groups is 1. The first kappa shape index (κ1) is 25.2. The molecule has 1 aliphatic heterocycles. The Morgan fingerprint density at radius 1 is 0.865 bits per heavy atom. The summed E-state index contributed by atoms with van der Waals surface area (Å²) in [6, 6.07) is 20.5.